The van der Waals surface area contributed by atoms with Crippen LogP contribution in [0.3, 0.4) is 0 Å². The summed E-state index contributed by atoms with van der Waals surface area (Å²) in [6.07, 6.45) is 1.82. The third kappa shape index (κ3) is 4.26. The standard InChI is InChI=1S/C12H16BrNO3/c1-8(3-2-6-13)14-12(17)10-7-9(15)4-5-11(10)16/h4-5,7-8,15-16H,2-3,6H2,1H3,(H,14,17). The van der Waals surface area contributed by atoms with Gasteiger partial charge in [-0.2, -0.15) is 0 Å². The number of benzene rings is 1. The topological polar surface area (TPSA) is 69.6 Å². The first-order valence-corrected chi connectivity index (χ1v) is 6.55. The lowest BCUT2D eigenvalue weighted by Gasteiger charge is -2.13. The van der Waals surface area contributed by atoms with Crippen LogP contribution in [0.15, 0.2) is 18.2 Å². The van der Waals surface area contributed by atoms with Crippen LogP contribution in [0, 0.1) is 0 Å². The first-order chi connectivity index (χ1) is 8.04. The van der Waals surface area contributed by atoms with Crippen LogP contribution in [0.1, 0.15) is 30.1 Å². The Kier molecular flexibility index (Phi) is 5.28. The fourth-order valence-electron chi connectivity index (χ4n) is 1.46. The van der Waals surface area contributed by atoms with Gasteiger partial charge in [0.15, 0.2) is 0 Å². The molecule has 0 aliphatic carbocycles. The number of hydrogen-bond donors (Lipinski definition) is 3. The number of alkyl halides is 1. The lowest BCUT2D eigenvalue weighted by molar-refractivity contribution is 0.0935. The van der Waals surface area contributed by atoms with Crippen molar-refractivity contribution in [3.63, 3.8) is 0 Å². The Morgan fingerprint density at radius 1 is 1.47 bits per heavy atom. The molecule has 0 aromatic heterocycles. The Labute approximate surface area is 109 Å². The number of aromatic hydroxyl groups is 2. The van der Waals surface area contributed by atoms with E-state index in [0.29, 0.717) is 0 Å². The summed E-state index contributed by atoms with van der Waals surface area (Å²) in [5.74, 6) is -0.547. The van der Waals surface area contributed by atoms with E-state index in [-0.39, 0.29) is 29.0 Å². The number of phenolic OH excluding ortho intramolecular Hbond substituents is 2. The minimum Gasteiger partial charge on any atom is -0.508 e. The molecular weight excluding hydrogens is 286 g/mol. The number of phenols is 2. The smallest absolute Gasteiger partial charge is 0.255 e. The number of halogens is 1. The van der Waals surface area contributed by atoms with E-state index in [1.807, 2.05) is 6.92 Å². The maximum absolute atomic E-state index is 11.8. The monoisotopic (exact) mass is 301 g/mol. The highest BCUT2D eigenvalue weighted by Crippen LogP contribution is 2.22. The summed E-state index contributed by atoms with van der Waals surface area (Å²) in [5.41, 5.74) is 0.0932. The van der Waals surface area contributed by atoms with Crippen LogP contribution >= 0.6 is 15.9 Å². The number of hydrogen-bond acceptors (Lipinski definition) is 3. The molecule has 1 rings (SSSR count). The molecule has 5 heteroatoms. The summed E-state index contributed by atoms with van der Waals surface area (Å²) in [7, 11) is 0. The van der Waals surface area contributed by atoms with Gasteiger partial charge in [-0.25, -0.2) is 0 Å². The lowest BCUT2D eigenvalue weighted by Crippen LogP contribution is -2.32. The molecule has 1 aromatic carbocycles. The maximum atomic E-state index is 11.8. The Morgan fingerprint density at radius 2 is 2.18 bits per heavy atom. The third-order valence-corrected chi connectivity index (χ3v) is 2.93. The van der Waals surface area contributed by atoms with Crippen LogP contribution in [0.2, 0.25) is 0 Å². The Bertz CT molecular complexity index is 395. The van der Waals surface area contributed by atoms with Crippen LogP contribution in [0.4, 0.5) is 0 Å². The van der Waals surface area contributed by atoms with Gasteiger partial charge in [0.05, 0.1) is 5.56 Å². The average Bonchev–Trinajstić information content (AvgIpc) is 2.29. The molecule has 1 amide bonds. The Morgan fingerprint density at radius 3 is 2.82 bits per heavy atom. The minimum absolute atomic E-state index is 0.0294. The molecule has 0 fully saturated rings. The number of carbonyl (C=O) groups is 1. The van der Waals surface area contributed by atoms with Crippen LogP contribution in [-0.2, 0) is 0 Å². The van der Waals surface area contributed by atoms with Gasteiger partial charge >= 0.3 is 0 Å². The van der Waals surface area contributed by atoms with Crippen molar-refractivity contribution in [1.29, 1.82) is 0 Å². The first-order valence-electron chi connectivity index (χ1n) is 5.43. The molecule has 0 aliphatic heterocycles. The van der Waals surface area contributed by atoms with Gasteiger partial charge in [-0.1, -0.05) is 15.9 Å². The number of nitrogens with one attached hydrogen (secondary N) is 1. The molecule has 0 aliphatic rings. The summed E-state index contributed by atoms with van der Waals surface area (Å²) in [5, 5.41) is 22.4. The van der Waals surface area contributed by atoms with E-state index in [1.54, 1.807) is 0 Å². The van der Waals surface area contributed by atoms with Crippen molar-refractivity contribution in [3.8, 4) is 11.5 Å². The zero-order chi connectivity index (χ0) is 12.8. The van der Waals surface area contributed by atoms with Crippen LogP contribution in [0.5, 0.6) is 11.5 Å². The van der Waals surface area contributed by atoms with E-state index in [1.165, 1.54) is 18.2 Å². The van der Waals surface area contributed by atoms with Crippen molar-refractivity contribution in [1.82, 2.24) is 5.32 Å². The molecule has 0 saturated heterocycles. The van der Waals surface area contributed by atoms with Crippen molar-refractivity contribution in [2.75, 3.05) is 5.33 Å². The van der Waals surface area contributed by atoms with Crippen LogP contribution in [0.25, 0.3) is 0 Å². The zero-order valence-electron chi connectivity index (χ0n) is 9.61. The Balaban J connectivity index is 2.66. The summed E-state index contributed by atoms with van der Waals surface area (Å²) in [6, 6.07) is 3.91. The van der Waals surface area contributed by atoms with E-state index >= 15 is 0 Å². The second-order valence-corrected chi connectivity index (χ2v) is 4.70. The number of carbonyl (C=O) groups excluding carboxylic acids is 1. The van der Waals surface area contributed by atoms with E-state index in [4.69, 9.17) is 0 Å². The SMILES string of the molecule is CC(CCCBr)NC(=O)c1cc(O)ccc1O. The molecule has 0 bridgehead atoms. The van der Waals surface area contributed by atoms with E-state index in [2.05, 4.69) is 21.2 Å². The summed E-state index contributed by atoms with van der Waals surface area (Å²) in [6.45, 7) is 1.90. The highest BCUT2D eigenvalue weighted by atomic mass is 79.9. The van der Waals surface area contributed by atoms with Crippen molar-refractivity contribution in [2.24, 2.45) is 0 Å². The van der Waals surface area contributed by atoms with Gasteiger partial charge in [0, 0.05) is 11.4 Å². The highest BCUT2D eigenvalue weighted by Gasteiger charge is 2.14. The van der Waals surface area contributed by atoms with Gasteiger partial charge in [0.1, 0.15) is 11.5 Å². The molecule has 94 valence electrons. The fourth-order valence-corrected chi connectivity index (χ4v) is 1.79. The van der Waals surface area contributed by atoms with Crippen LogP contribution < -0.4 is 5.32 Å². The molecule has 0 saturated carbocycles. The summed E-state index contributed by atoms with van der Waals surface area (Å²) in [4.78, 5) is 11.8. The highest BCUT2D eigenvalue weighted by molar-refractivity contribution is 9.09. The fraction of sp³-hybridized carbons (Fsp3) is 0.417. The molecule has 3 N–H and O–H groups in total. The molecule has 0 radical (unpaired) electrons. The predicted molar refractivity (Wildman–Crippen MR) is 69.7 cm³/mol. The van der Waals surface area contributed by atoms with Gasteiger partial charge in [-0.15, -0.1) is 0 Å². The second-order valence-electron chi connectivity index (χ2n) is 3.91. The van der Waals surface area contributed by atoms with E-state index in [0.717, 1.165) is 18.2 Å². The quantitative estimate of drug-likeness (QED) is 0.578. The normalized spacial score (nSPS) is 12.1. The van der Waals surface area contributed by atoms with Gasteiger partial charge in [-0.3, -0.25) is 4.79 Å². The second kappa shape index (κ2) is 6.49. The molecule has 1 atom stereocenters. The molecule has 1 aromatic rings. The molecule has 1 unspecified atom stereocenters. The molecule has 0 heterocycles. The van der Waals surface area contributed by atoms with Gasteiger partial charge in [0.2, 0.25) is 0 Å². The van der Waals surface area contributed by atoms with Crippen LogP contribution in [-0.4, -0.2) is 27.5 Å². The number of amides is 1. The largest absolute Gasteiger partial charge is 0.508 e. The Hall–Kier alpha value is -1.23. The molecule has 17 heavy (non-hydrogen) atoms. The van der Waals surface area contributed by atoms with E-state index in [9.17, 15) is 15.0 Å². The zero-order valence-corrected chi connectivity index (χ0v) is 11.2. The minimum atomic E-state index is -0.375. The summed E-state index contributed by atoms with van der Waals surface area (Å²) >= 11 is 3.32. The summed E-state index contributed by atoms with van der Waals surface area (Å²) < 4.78 is 0. The van der Waals surface area contributed by atoms with Gasteiger partial charge < -0.3 is 15.5 Å². The molecule has 4 nitrogen and oxygen atoms in total. The third-order valence-electron chi connectivity index (χ3n) is 2.37. The average molecular weight is 302 g/mol. The van der Waals surface area contributed by atoms with Crippen molar-refractivity contribution < 1.29 is 15.0 Å². The molecule has 0 spiro atoms. The van der Waals surface area contributed by atoms with Gasteiger partial charge in [-0.05, 0) is 38.0 Å². The van der Waals surface area contributed by atoms with Crippen molar-refractivity contribution >= 4 is 21.8 Å². The van der Waals surface area contributed by atoms with Gasteiger partial charge in [0.25, 0.3) is 5.91 Å². The number of rotatable bonds is 5. The predicted octanol–water partition coefficient (Wildman–Crippen LogP) is 2.39. The molecular formula is C12H16BrNO3. The van der Waals surface area contributed by atoms with Crippen molar-refractivity contribution in [3.05, 3.63) is 23.8 Å². The maximum Gasteiger partial charge on any atom is 0.255 e. The first kappa shape index (κ1) is 13.8. The van der Waals surface area contributed by atoms with Crippen molar-refractivity contribution in [2.45, 2.75) is 25.8 Å². The lowest BCUT2D eigenvalue weighted by atomic mass is 10.1. The van der Waals surface area contributed by atoms with E-state index < -0.39 is 0 Å².